The van der Waals surface area contributed by atoms with Gasteiger partial charge in [-0.1, -0.05) is 51.6 Å². The average molecular weight is 272 g/mol. The Balaban J connectivity index is 2.81. The molecular formula is C18H28N2. The van der Waals surface area contributed by atoms with Crippen LogP contribution in [0.2, 0.25) is 0 Å². The summed E-state index contributed by atoms with van der Waals surface area (Å²) in [5.41, 5.74) is 4.85. The second kappa shape index (κ2) is 6.74. The molecule has 1 N–H and O–H groups in total. The molecule has 0 fully saturated rings. The van der Waals surface area contributed by atoms with Gasteiger partial charge in [-0.25, -0.2) is 0 Å². The highest BCUT2D eigenvalue weighted by molar-refractivity contribution is 5.98. The smallest absolute Gasteiger partial charge is 0.0529 e. The molecule has 0 heterocycles. The molecule has 1 aromatic carbocycles. The van der Waals surface area contributed by atoms with Gasteiger partial charge in [-0.15, -0.1) is 0 Å². The minimum atomic E-state index is 0.196. The van der Waals surface area contributed by atoms with Crippen LogP contribution in [0.3, 0.4) is 0 Å². The Hall–Kier alpha value is -1.57. The van der Waals surface area contributed by atoms with E-state index in [1.54, 1.807) is 0 Å². The molecule has 1 rings (SSSR count). The lowest BCUT2D eigenvalue weighted by Gasteiger charge is -2.19. The first-order chi connectivity index (χ1) is 9.24. The fourth-order valence-electron chi connectivity index (χ4n) is 2.12. The van der Waals surface area contributed by atoms with Crippen LogP contribution in [0.25, 0.3) is 0 Å². The number of nitrogens with one attached hydrogen (secondary N) is 1. The van der Waals surface area contributed by atoms with Crippen molar-refractivity contribution < 1.29 is 0 Å². The van der Waals surface area contributed by atoms with Crippen LogP contribution < -0.4 is 5.32 Å². The molecule has 0 saturated heterocycles. The molecular weight excluding hydrogens is 244 g/mol. The van der Waals surface area contributed by atoms with Crippen molar-refractivity contribution in [3.8, 4) is 0 Å². The number of rotatable bonds is 5. The van der Waals surface area contributed by atoms with Crippen molar-refractivity contribution in [1.29, 1.82) is 0 Å². The molecule has 0 aliphatic heterocycles. The average Bonchev–Trinajstić information content (AvgIpc) is 2.37. The van der Waals surface area contributed by atoms with Crippen LogP contribution in [0.1, 0.15) is 52.2 Å². The Morgan fingerprint density at radius 1 is 1.25 bits per heavy atom. The number of aliphatic imine (C=N–C) groups is 1. The zero-order valence-corrected chi connectivity index (χ0v) is 13.7. The van der Waals surface area contributed by atoms with Gasteiger partial charge < -0.3 is 5.32 Å². The topological polar surface area (TPSA) is 24.4 Å². The molecule has 0 aromatic heterocycles. The molecule has 0 saturated carbocycles. The Bertz CT molecular complexity index is 475. The predicted molar refractivity (Wildman–Crippen MR) is 89.6 cm³/mol. The lowest BCUT2D eigenvalue weighted by atomic mass is 9.86. The maximum atomic E-state index is 4.74. The zero-order valence-electron chi connectivity index (χ0n) is 13.7. The molecule has 0 spiro atoms. The van der Waals surface area contributed by atoms with E-state index in [1.807, 2.05) is 7.05 Å². The summed E-state index contributed by atoms with van der Waals surface area (Å²) in [5.74, 6) is 0. The van der Waals surface area contributed by atoms with E-state index in [9.17, 15) is 0 Å². The Labute approximate surface area is 124 Å². The lowest BCUT2D eigenvalue weighted by Crippen LogP contribution is -2.13. The van der Waals surface area contributed by atoms with E-state index in [1.165, 1.54) is 11.1 Å². The van der Waals surface area contributed by atoms with Crippen LogP contribution in [0.15, 0.2) is 41.5 Å². The first-order valence-electron chi connectivity index (χ1n) is 7.25. The van der Waals surface area contributed by atoms with Gasteiger partial charge in [-0.3, -0.25) is 4.99 Å². The number of nitrogens with zero attached hydrogens (tertiary/aromatic N) is 1. The third-order valence-corrected chi connectivity index (χ3v) is 3.48. The molecule has 0 radical (unpaired) electrons. The standard InChI is InChI=1S/C18H28N2/c1-13(19-7)12-14(2)20-15(3)16-8-10-17(11-9-16)18(4,5)6/h8-11,14,19H,1,12H2,2-7H3. The van der Waals surface area contributed by atoms with Gasteiger partial charge in [0, 0.05) is 24.9 Å². The van der Waals surface area contributed by atoms with Crippen LogP contribution in [0.5, 0.6) is 0 Å². The minimum Gasteiger partial charge on any atom is -0.392 e. The molecule has 1 atom stereocenters. The molecule has 0 bridgehead atoms. The fraction of sp³-hybridized carbons (Fsp3) is 0.500. The Morgan fingerprint density at radius 2 is 1.80 bits per heavy atom. The second-order valence-corrected chi connectivity index (χ2v) is 6.45. The van der Waals surface area contributed by atoms with E-state index >= 15 is 0 Å². The predicted octanol–water partition coefficient (Wildman–Crippen LogP) is 4.30. The molecule has 0 aliphatic carbocycles. The second-order valence-electron chi connectivity index (χ2n) is 6.45. The molecule has 0 amide bonds. The highest BCUT2D eigenvalue weighted by Crippen LogP contribution is 2.22. The molecule has 0 aliphatic rings. The van der Waals surface area contributed by atoms with Crippen LogP contribution in [-0.2, 0) is 5.41 Å². The van der Waals surface area contributed by atoms with Crippen LogP contribution >= 0.6 is 0 Å². The van der Waals surface area contributed by atoms with Gasteiger partial charge >= 0.3 is 0 Å². The largest absolute Gasteiger partial charge is 0.392 e. The normalized spacial score (nSPS) is 14.0. The molecule has 20 heavy (non-hydrogen) atoms. The van der Waals surface area contributed by atoms with E-state index in [4.69, 9.17) is 4.99 Å². The Kier molecular flexibility index (Phi) is 5.55. The summed E-state index contributed by atoms with van der Waals surface area (Å²) in [7, 11) is 1.90. The third kappa shape index (κ3) is 4.84. The maximum Gasteiger partial charge on any atom is 0.0529 e. The maximum absolute atomic E-state index is 4.74. The van der Waals surface area contributed by atoms with E-state index in [0.29, 0.717) is 0 Å². The summed E-state index contributed by atoms with van der Waals surface area (Å²) in [5, 5.41) is 3.07. The fourth-order valence-corrected chi connectivity index (χ4v) is 2.12. The monoisotopic (exact) mass is 272 g/mol. The zero-order chi connectivity index (χ0) is 15.3. The van der Waals surface area contributed by atoms with E-state index < -0.39 is 0 Å². The third-order valence-electron chi connectivity index (χ3n) is 3.48. The SMILES string of the molecule is C=C(CC(C)N=C(C)c1ccc(C(C)(C)C)cc1)NC. The van der Waals surface area contributed by atoms with E-state index in [2.05, 4.69) is 70.8 Å². The minimum absolute atomic E-state index is 0.196. The van der Waals surface area contributed by atoms with Gasteiger partial charge in [0.25, 0.3) is 0 Å². The van der Waals surface area contributed by atoms with Crippen molar-refractivity contribution in [2.45, 2.75) is 52.5 Å². The summed E-state index contributed by atoms with van der Waals surface area (Å²) < 4.78 is 0. The van der Waals surface area contributed by atoms with Gasteiger partial charge in [0.2, 0.25) is 0 Å². The molecule has 2 nitrogen and oxygen atoms in total. The first-order valence-corrected chi connectivity index (χ1v) is 7.25. The van der Waals surface area contributed by atoms with Crippen LogP contribution in [0, 0.1) is 0 Å². The molecule has 110 valence electrons. The summed E-state index contributed by atoms with van der Waals surface area (Å²) in [6.07, 6.45) is 0.869. The van der Waals surface area contributed by atoms with Gasteiger partial charge in [0.15, 0.2) is 0 Å². The Morgan fingerprint density at radius 3 is 2.25 bits per heavy atom. The van der Waals surface area contributed by atoms with E-state index in [0.717, 1.165) is 17.8 Å². The highest BCUT2D eigenvalue weighted by Gasteiger charge is 2.13. The highest BCUT2D eigenvalue weighted by atomic mass is 14.9. The number of benzene rings is 1. The van der Waals surface area contributed by atoms with Crippen molar-refractivity contribution in [1.82, 2.24) is 5.32 Å². The lowest BCUT2D eigenvalue weighted by molar-refractivity contribution is 0.590. The summed E-state index contributed by atoms with van der Waals surface area (Å²) in [6.45, 7) is 14.8. The van der Waals surface area contributed by atoms with Gasteiger partial charge in [-0.05, 0) is 30.4 Å². The van der Waals surface area contributed by atoms with Gasteiger partial charge in [0.1, 0.15) is 0 Å². The quantitative estimate of drug-likeness (QED) is 0.794. The summed E-state index contributed by atoms with van der Waals surface area (Å²) in [6, 6.07) is 8.98. The number of hydrogen-bond acceptors (Lipinski definition) is 2. The first kappa shape index (κ1) is 16.5. The van der Waals surface area contributed by atoms with Crippen molar-refractivity contribution in [3.63, 3.8) is 0 Å². The van der Waals surface area contributed by atoms with Crippen molar-refractivity contribution in [2.24, 2.45) is 4.99 Å². The molecule has 1 aromatic rings. The van der Waals surface area contributed by atoms with Crippen LogP contribution in [-0.4, -0.2) is 18.8 Å². The number of hydrogen-bond donors (Lipinski definition) is 1. The van der Waals surface area contributed by atoms with Crippen LogP contribution in [0.4, 0.5) is 0 Å². The molecule has 1 unspecified atom stereocenters. The van der Waals surface area contributed by atoms with Gasteiger partial charge in [0.05, 0.1) is 6.04 Å². The van der Waals surface area contributed by atoms with Crippen molar-refractivity contribution >= 4 is 5.71 Å². The summed E-state index contributed by atoms with van der Waals surface area (Å²) >= 11 is 0. The summed E-state index contributed by atoms with van der Waals surface area (Å²) in [4.78, 5) is 4.74. The van der Waals surface area contributed by atoms with Crippen molar-refractivity contribution in [2.75, 3.05) is 7.05 Å². The van der Waals surface area contributed by atoms with Crippen molar-refractivity contribution in [3.05, 3.63) is 47.7 Å². The van der Waals surface area contributed by atoms with Gasteiger partial charge in [-0.2, -0.15) is 0 Å². The molecule has 2 heteroatoms. The van der Waals surface area contributed by atoms with E-state index in [-0.39, 0.29) is 11.5 Å².